The van der Waals surface area contributed by atoms with Crippen LogP contribution in [0.3, 0.4) is 0 Å². The molecule has 1 aromatic carbocycles. The summed E-state index contributed by atoms with van der Waals surface area (Å²) in [5.41, 5.74) is 1.27. The third-order valence-corrected chi connectivity index (χ3v) is 3.60. The molecule has 0 aliphatic heterocycles. The van der Waals surface area contributed by atoms with Crippen LogP contribution in [0.2, 0.25) is 5.02 Å². The van der Waals surface area contributed by atoms with E-state index >= 15 is 0 Å². The lowest BCUT2D eigenvalue weighted by molar-refractivity contribution is 0.103. The summed E-state index contributed by atoms with van der Waals surface area (Å²) < 4.78 is 5.20. The summed E-state index contributed by atoms with van der Waals surface area (Å²) in [4.78, 5) is 0. The predicted molar refractivity (Wildman–Crippen MR) is 70.2 cm³/mol. The highest BCUT2D eigenvalue weighted by Gasteiger charge is 2.05. The molecular weight excluding hydrogens is 244 g/mol. The van der Waals surface area contributed by atoms with Crippen molar-refractivity contribution in [3.05, 3.63) is 34.9 Å². The third kappa shape index (κ3) is 5.21. The zero-order valence-electron chi connectivity index (χ0n) is 9.36. The van der Waals surface area contributed by atoms with E-state index in [1.54, 1.807) is 0 Å². The number of hydrogen-bond donors (Lipinski definition) is 1. The van der Waals surface area contributed by atoms with E-state index in [0.29, 0.717) is 18.5 Å². The van der Waals surface area contributed by atoms with Crippen molar-refractivity contribution in [2.24, 2.45) is 0 Å². The molecular formula is C12H17ClO2S. The Labute approximate surface area is 106 Å². The molecule has 0 amide bonds. The highest BCUT2D eigenvalue weighted by molar-refractivity contribution is 7.99. The zero-order valence-corrected chi connectivity index (χ0v) is 10.9. The van der Waals surface area contributed by atoms with E-state index in [1.165, 1.54) is 5.56 Å². The molecule has 1 unspecified atom stereocenters. The van der Waals surface area contributed by atoms with Crippen molar-refractivity contribution in [3.63, 3.8) is 0 Å². The Morgan fingerprint density at radius 1 is 1.31 bits per heavy atom. The number of ether oxygens (including phenoxy) is 1. The van der Waals surface area contributed by atoms with Crippen LogP contribution in [0.1, 0.15) is 17.7 Å². The maximum atomic E-state index is 8.53. The summed E-state index contributed by atoms with van der Waals surface area (Å²) in [5, 5.41) is 9.74. The molecule has 1 aromatic rings. The molecule has 90 valence electrons. The molecule has 0 saturated heterocycles. The van der Waals surface area contributed by atoms with Gasteiger partial charge in [0.1, 0.15) is 0 Å². The molecule has 0 aromatic heterocycles. The Balaban J connectivity index is 2.24. The second kappa shape index (κ2) is 7.96. The number of hydrogen-bond acceptors (Lipinski definition) is 3. The van der Waals surface area contributed by atoms with Crippen molar-refractivity contribution in [3.8, 4) is 0 Å². The largest absolute Gasteiger partial charge is 0.394 e. The van der Waals surface area contributed by atoms with Gasteiger partial charge in [0.15, 0.2) is 0 Å². The first-order valence-electron chi connectivity index (χ1n) is 5.29. The van der Waals surface area contributed by atoms with Gasteiger partial charge in [-0.05, 0) is 24.6 Å². The van der Waals surface area contributed by atoms with Gasteiger partial charge in [-0.1, -0.05) is 23.7 Å². The maximum Gasteiger partial charge on any atom is 0.0698 e. The number of aliphatic hydroxyl groups excluding tert-OH is 1. The topological polar surface area (TPSA) is 29.5 Å². The van der Waals surface area contributed by atoms with E-state index < -0.39 is 0 Å². The summed E-state index contributed by atoms with van der Waals surface area (Å²) in [6.07, 6.45) is 0. The van der Waals surface area contributed by atoms with E-state index in [-0.39, 0.29) is 6.61 Å². The summed E-state index contributed by atoms with van der Waals surface area (Å²) in [7, 11) is 0. The smallest absolute Gasteiger partial charge is 0.0698 e. The van der Waals surface area contributed by atoms with Gasteiger partial charge in [-0.15, -0.1) is 0 Å². The second-order valence-electron chi connectivity index (χ2n) is 3.40. The highest BCUT2D eigenvalue weighted by Crippen LogP contribution is 2.28. The van der Waals surface area contributed by atoms with Gasteiger partial charge in [-0.2, -0.15) is 11.8 Å². The summed E-state index contributed by atoms with van der Waals surface area (Å²) >= 11 is 7.66. The molecule has 4 heteroatoms. The third-order valence-electron chi connectivity index (χ3n) is 2.17. The molecule has 1 atom stereocenters. The van der Waals surface area contributed by atoms with Crippen molar-refractivity contribution in [1.29, 1.82) is 0 Å². The Morgan fingerprint density at radius 3 is 2.62 bits per heavy atom. The minimum Gasteiger partial charge on any atom is -0.394 e. The molecule has 0 aliphatic rings. The molecule has 0 radical (unpaired) electrons. The van der Waals surface area contributed by atoms with E-state index in [2.05, 4.69) is 19.1 Å². The van der Waals surface area contributed by atoms with Crippen LogP contribution in [0.4, 0.5) is 0 Å². The first-order valence-corrected chi connectivity index (χ1v) is 6.72. The first-order chi connectivity index (χ1) is 7.74. The predicted octanol–water partition coefficient (Wildman–Crippen LogP) is 3.14. The first kappa shape index (κ1) is 13.8. The monoisotopic (exact) mass is 260 g/mol. The van der Waals surface area contributed by atoms with Gasteiger partial charge in [0.05, 0.1) is 19.8 Å². The van der Waals surface area contributed by atoms with Crippen molar-refractivity contribution in [2.75, 3.05) is 25.6 Å². The van der Waals surface area contributed by atoms with Crippen LogP contribution >= 0.6 is 23.4 Å². The second-order valence-corrected chi connectivity index (χ2v) is 5.29. The Bertz CT molecular complexity index is 290. The molecule has 0 bridgehead atoms. The lowest BCUT2D eigenvalue weighted by Crippen LogP contribution is -2.03. The molecule has 1 N–H and O–H groups in total. The number of aliphatic hydroxyl groups is 1. The molecule has 0 saturated carbocycles. The van der Waals surface area contributed by atoms with Crippen molar-refractivity contribution in [1.82, 2.24) is 0 Å². The van der Waals surface area contributed by atoms with E-state index in [4.69, 9.17) is 21.4 Å². The van der Waals surface area contributed by atoms with Crippen LogP contribution in [-0.2, 0) is 4.74 Å². The number of benzene rings is 1. The van der Waals surface area contributed by atoms with Gasteiger partial charge in [0.2, 0.25) is 0 Å². The molecule has 1 rings (SSSR count). The van der Waals surface area contributed by atoms with Gasteiger partial charge < -0.3 is 9.84 Å². The SMILES string of the molecule is CC(SCCOCCO)c1ccc(Cl)cc1. The van der Waals surface area contributed by atoms with Gasteiger partial charge in [-0.3, -0.25) is 0 Å². The van der Waals surface area contributed by atoms with Crippen LogP contribution < -0.4 is 0 Å². The molecule has 0 aliphatic carbocycles. The van der Waals surface area contributed by atoms with Gasteiger partial charge in [-0.25, -0.2) is 0 Å². The molecule has 16 heavy (non-hydrogen) atoms. The van der Waals surface area contributed by atoms with Gasteiger partial charge >= 0.3 is 0 Å². The summed E-state index contributed by atoms with van der Waals surface area (Å²) in [5.74, 6) is 0.934. The Hall–Kier alpha value is -0.220. The zero-order chi connectivity index (χ0) is 11.8. The maximum absolute atomic E-state index is 8.53. The minimum atomic E-state index is 0.0946. The molecule has 0 fully saturated rings. The van der Waals surface area contributed by atoms with Crippen molar-refractivity contribution < 1.29 is 9.84 Å². The summed E-state index contributed by atoms with van der Waals surface area (Å²) in [6.45, 7) is 3.37. The van der Waals surface area contributed by atoms with Crippen molar-refractivity contribution >= 4 is 23.4 Å². The van der Waals surface area contributed by atoms with Gasteiger partial charge in [0, 0.05) is 16.0 Å². The van der Waals surface area contributed by atoms with Crippen LogP contribution in [0.15, 0.2) is 24.3 Å². The van der Waals surface area contributed by atoms with Crippen LogP contribution in [-0.4, -0.2) is 30.7 Å². The average molecular weight is 261 g/mol. The standard InChI is InChI=1S/C12H17ClO2S/c1-10(16-9-8-15-7-6-14)11-2-4-12(13)5-3-11/h2-5,10,14H,6-9H2,1H3. The minimum absolute atomic E-state index is 0.0946. The Morgan fingerprint density at radius 2 is 2.00 bits per heavy atom. The van der Waals surface area contributed by atoms with Crippen LogP contribution in [0.25, 0.3) is 0 Å². The molecule has 0 heterocycles. The fourth-order valence-corrected chi connectivity index (χ4v) is 2.32. The fraction of sp³-hybridized carbons (Fsp3) is 0.500. The lowest BCUT2D eigenvalue weighted by Gasteiger charge is -2.11. The van der Waals surface area contributed by atoms with Crippen LogP contribution in [0, 0.1) is 0 Å². The fourth-order valence-electron chi connectivity index (χ4n) is 1.28. The van der Waals surface area contributed by atoms with Crippen LogP contribution in [0.5, 0.6) is 0 Å². The van der Waals surface area contributed by atoms with E-state index in [1.807, 2.05) is 23.9 Å². The quantitative estimate of drug-likeness (QED) is 0.764. The number of halogens is 1. The highest BCUT2D eigenvalue weighted by atomic mass is 35.5. The number of thioether (sulfide) groups is 1. The summed E-state index contributed by atoms with van der Waals surface area (Å²) in [6, 6.07) is 7.93. The normalized spacial score (nSPS) is 12.7. The molecule has 0 spiro atoms. The number of rotatable bonds is 7. The van der Waals surface area contributed by atoms with E-state index in [0.717, 1.165) is 10.8 Å². The van der Waals surface area contributed by atoms with Gasteiger partial charge in [0.25, 0.3) is 0 Å². The lowest BCUT2D eigenvalue weighted by atomic mass is 10.2. The Kier molecular flexibility index (Phi) is 6.88. The average Bonchev–Trinajstić information content (AvgIpc) is 2.29. The molecule has 2 nitrogen and oxygen atoms in total. The van der Waals surface area contributed by atoms with E-state index in [9.17, 15) is 0 Å². The van der Waals surface area contributed by atoms with Crippen molar-refractivity contribution in [2.45, 2.75) is 12.2 Å².